The highest BCUT2D eigenvalue weighted by molar-refractivity contribution is 5.67. The molecule has 5 nitrogen and oxygen atoms in total. The number of methoxy groups -OCH3 is 2. The van der Waals surface area contributed by atoms with Gasteiger partial charge in [0, 0.05) is 18.5 Å². The summed E-state index contributed by atoms with van der Waals surface area (Å²) in [6.07, 6.45) is 1.55. The lowest BCUT2D eigenvalue weighted by Gasteiger charge is -2.16. The minimum atomic E-state index is 0.182. The number of ether oxygens (including phenoxy) is 2. The van der Waals surface area contributed by atoms with Crippen LogP contribution in [0.1, 0.15) is 36.4 Å². The second kappa shape index (κ2) is 7.52. The van der Waals surface area contributed by atoms with Crippen LogP contribution in [-0.2, 0) is 12.8 Å². The lowest BCUT2D eigenvalue weighted by Crippen LogP contribution is -2.07. The van der Waals surface area contributed by atoms with E-state index in [0.717, 1.165) is 30.0 Å². The highest BCUT2D eigenvalue weighted by atomic mass is 16.5. The van der Waals surface area contributed by atoms with Gasteiger partial charge in [-0.1, -0.05) is 19.9 Å². The first-order valence-corrected chi connectivity index (χ1v) is 8.79. The Balaban J connectivity index is 0.000000948. The van der Waals surface area contributed by atoms with Gasteiger partial charge in [0.15, 0.2) is 0 Å². The number of benzene rings is 2. The Kier molecular flexibility index (Phi) is 5.16. The molecule has 0 fully saturated rings. The third kappa shape index (κ3) is 3.25. The summed E-state index contributed by atoms with van der Waals surface area (Å²) in [4.78, 5) is 8.05. The van der Waals surface area contributed by atoms with Crippen molar-refractivity contribution in [3.05, 3.63) is 58.9 Å². The van der Waals surface area contributed by atoms with Crippen LogP contribution < -0.4 is 9.47 Å². The molecule has 0 bridgehead atoms. The molecular formula is C21H24N2O3. The molecule has 2 N–H and O–H groups in total. The predicted molar refractivity (Wildman–Crippen MR) is 102 cm³/mol. The van der Waals surface area contributed by atoms with Gasteiger partial charge in [0.25, 0.3) is 0 Å². The van der Waals surface area contributed by atoms with Crippen LogP contribution in [0.5, 0.6) is 17.2 Å². The molecule has 1 aliphatic rings. The van der Waals surface area contributed by atoms with Gasteiger partial charge in [-0.25, -0.2) is 4.98 Å². The predicted octanol–water partition coefficient (Wildman–Crippen LogP) is 4.32. The zero-order valence-corrected chi connectivity index (χ0v) is 15.6. The molecule has 1 aliphatic carbocycles. The van der Waals surface area contributed by atoms with Gasteiger partial charge in [0.1, 0.15) is 23.1 Å². The molecule has 4 rings (SSSR count). The summed E-state index contributed by atoms with van der Waals surface area (Å²) < 4.78 is 10.6. The number of phenolic OH excluding ortho intramolecular Hbond substituents is 1. The van der Waals surface area contributed by atoms with Crippen molar-refractivity contribution in [3.8, 4) is 28.6 Å². The summed E-state index contributed by atoms with van der Waals surface area (Å²) in [6, 6.07) is 11.3. The van der Waals surface area contributed by atoms with E-state index in [1.807, 2.05) is 19.9 Å². The maximum Gasteiger partial charge on any atom is 0.141 e. The van der Waals surface area contributed by atoms with Crippen LogP contribution in [0.15, 0.2) is 36.4 Å². The van der Waals surface area contributed by atoms with Crippen LogP contribution >= 0.6 is 0 Å². The number of rotatable bonds is 3. The summed E-state index contributed by atoms with van der Waals surface area (Å²) in [7, 11) is 3.28. The van der Waals surface area contributed by atoms with E-state index in [0.29, 0.717) is 17.1 Å². The number of imidazole rings is 1. The quantitative estimate of drug-likeness (QED) is 0.576. The molecule has 0 saturated carbocycles. The number of aromatic nitrogens is 2. The van der Waals surface area contributed by atoms with E-state index in [2.05, 4.69) is 17.1 Å². The van der Waals surface area contributed by atoms with Crippen LogP contribution in [0, 0.1) is 0 Å². The van der Waals surface area contributed by atoms with Gasteiger partial charge in [-0.3, -0.25) is 0 Å². The van der Waals surface area contributed by atoms with Gasteiger partial charge in [0.05, 0.1) is 25.5 Å². The van der Waals surface area contributed by atoms with Crippen molar-refractivity contribution >= 4 is 0 Å². The zero-order valence-electron chi connectivity index (χ0n) is 15.6. The van der Waals surface area contributed by atoms with Crippen LogP contribution in [0.3, 0.4) is 0 Å². The van der Waals surface area contributed by atoms with Crippen molar-refractivity contribution in [1.29, 1.82) is 0 Å². The highest BCUT2D eigenvalue weighted by Gasteiger charge is 2.21. The number of H-pyrrole nitrogens is 1. The maximum atomic E-state index is 10.2. The molecule has 0 radical (unpaired) electrons. The van der Waals surface area contributed by atoms with E-state index in [1.54, 1.807) is 32.4 Å². The van der Waals surface area contributed by atoms with Crippen molar-refractivity contribution in [2.75, 3.05) is 14.2 Å². The molecule has 0 aliphatic heterocycles. The zero-order chi connectivity index (χ0) is 18.7. The van der Waals surface area contributed by atoms with Gasteiger partial charge in [0.2, 0.25) is 0 Å². The molecule has 26 heavy (non-hydrogen) atoms. The van der Waals surface area contributed by atoms with E-state index in [9.17, 15) is 5.11 Å². The summed E-state index contributed by atoms with van der Waals surface area (Å²) in [5.74, 6) is 2.39. The van der Waals surface area contributed by atoms with Crippen molar-refractivity contribution in [2.24, 2.45) is 0 Å². The van der Waals surface area contributed by atoms with Crippen LogP contribution in [0.25, 0.3) is 11.4 Å². The Morgan fingerprint density at radius 3 is 2.35 bits per heavy atom. The summed E-state index contributed by atoms with van der Waals surface area (Å²) >= 11 is 0. The third-order valence-corrected chi connectivity index (χ3v) is 4.46. The van der Waals surface area contributed by atoms with Crippen LogP contribution in [0.4, 0.5) is 0 Å². The number of fused-ring (bicyclic) bond motifs is 2. The fourth-order valence-corrected chi connectivity index (χ4v) is 3.13. The maximum absolute atomic E-state index is 10.2. The normalized spacial score (nSPS) is 11.7. The summed E-state index contributed by atoms with van der Waals surface area (Å²) in [5.41, 5.74) is 5.24. The SMILES string of the molecule is CC.COc1ccc2c(c1)Cc1[nH]c(-c3cc(OC)ccc3O)nc1C2. The number of hydrogen-bond acceptors (Lipinski definition) is 4. The highest BCUT2D eigenvalue weighted by Crippen LogP contribution is 2.34. The number of aromatic hydroxyl groups is 1. The van der Waals surface area contributed by atoms with Crippen molar-refractivity contribution in [2.45, 2.75) is 26.7 Å². The Bertz CT molecular complexity index is 916. The fraction of sp³-hybridized carbons (Fsp3) is 0.286. The first-order chi connectivity index (χ1) is 12.7. The Labute approximate surface area is 153 Å². The Morgan fingerprint density at radius 1 is 0.923 bits per heavy atom. The third-order valence-electron chi connectivity index (χ3n) is 4.46. The van der Waals surface area contributed by atoms with E-state index in [4.69, 9.17) is 14.5 Å². The lowest BCUT2D eigenvalue weighted by atomic mass is 9.92. The standard InChI is InChI=1S/C19H18N2O3.C2H6/c1-23-13-4-3-11-8-16-17(9-12(11)7-13)21-19(20-16)15-10-14(24-2)5-6-18(15)22;1-2/h3-7,10,22H,8-9H2,1-2H3,(H,20,21);1-2H3. The first kappa shape index (κ1) is 17.9. The molecule has 5 heteroatoms. The molecule has 1 aromatic heterocycles. The molecule has 136 valence electrons. The second-order valence-electron chi connectivity index (χ2n) is 5.88. The minimum absolute atomic E-state index is 0.182. The molecule has 2 aromatic carbocycles. The average Bonchev–Trinajstić information content (AvgIpc) is 3.10. The molecular weight excluding hydrogens is 328 g/mol. The van der Waals surface area contributed by atoms with Crippen molar-refractivity contribution in [1.82, 2.24) is 9.97 Å². The second-order valence-corrected chi connectivity index (χ2v) is 5.88. The molecule has 0 saturated heterocycles. The number of phenols is 1. The monoisotopic (exact) mass is 352 g/mol. The number of hydrogen-bond donors (Lipinski definition) is 2. The van der Waals surface area contributed by atoms with E-state index >= 15 is 0 Å². The summed E-state index contributed by atoms with van der Waals surface area (Å²) in [5, 5.41) is 10.2. The van der Waals surface area contributed by atoms with Gasteiger partial charge in [-0.2, -0.15) is 0 Å². The first-order valence-electron chi connectivity index (χ1n) is 8.79. The minimum Gasteiger partial charge on any atom is -0.507 e. The Hall–Kier alpha value is -2.95. The number of nitrogens with zero attached hydrogens (tertiary/aromatic N) is 1. The number of nitrogens with one attached hydrogen (secondary N) is 1. The van der Waals surface area contributed by atoms with Gasteiger partial charge < -0.3 is 19.6 Å². The number of aromatic amines is 1. The van der Waals surface area contributed by atoms with E-state index in [-0.39, 0.29) is 5.75 Å². The van der Waals surface area contributed by atoms with Crippen LogP contribution in [-0.4, -0.2) is 29.3 Å². The lowest BCUT2D eigenvalue weighted by molar-refractivity contribution is 0.412. The topological polar surface area (TPSA) is 67.4 Å². The van der Waals surface area contributed by atoms with E-state index in [1.165, 1.54) is 11.1 Å². The Morgan fingerprint density at radius 2 is 1.62 bits per heavy atom. The molecule has 3 aromatic rings. The van der Waals surface area contributed by atoms with Crippen LogP contribution in [0.2, 0.25) is 0 Å². The fourth-order valence-electron chi connectivity index (χ4n) is 3.13. The van der Waals surface area contributed by atoms with E-state index < -0.39 is 0 Å². The molecule has 1 heterocycles. The molecule has 0 atom stereocenters. The molecule has 0 spiro atoms. The van der Waals surface area contributed by atoms with Gasteiger partial charge in [-0.05, 0) is 41.5 Å². The van der Waals surface area contributed by atoms with Gasteiger partial charge in [-0.15, -0.1) is 0 Å². The largest absolute Gasteiger partial charge is 0.507 e. The molecule has 0 unspecified atom stereocenters. The van der Waals surface area contributed by atoms with Crippen molar-refractivity contribution < 1.29 is 14.6 Å². The van der Waals surface area contributed by atoms with Crippen molar-refractivity contribution in [3.63, 3.8) is 0 Å². The summed E-state index contributed by atoms with van der Waals surface area (Å²) in [6.45, 7) is 4.00. The van der Waals surface area contributed by atoms with Gasteiger partial charge >= 0.3 is 0 Å². The smallest absolute Gasteiger partial charge is 0.141 e. The average molecular weight is 352 g/mol. The molecule has 0 amide bonds.